The molecule has 0 saturated carbocycles. The molecule has 1 unspecified atom stereocenters. The molecule has 1 atom stereocenters. The van der Waals surface area contributed by atoms with E-state index in [-0.39, 0.29) is 11.9 Å². The van der Waals surface area contributed by atoms with E-state index < -0.39 is 0 Å². The van der Waals surface area contributed by atoms with Crippen molar-refractivity contribution in [2.45, 2.75) is 25.4 Å². The highest BCUT2D eigenvalue weighted by Gasteiger charge is 2.24. The molecule has 4 heteroatoms. The summed E-state index contributed by atoms with van der Waals surface area (Å²) in [6.45, 7) is 1.70. The minimum Gasteiger partial charge on any atom is -0.340 e. The average molecular weight is 224 g/mol. The van der Waals surface area contributed by atoms with Crippen molar-refractivity contribution in [2.24, 2.45) is 0 Å². The van der Waals surface area contributed by atoms with E-state index in [0.29, 0.717) is 0 Å². The van der Waals surface area contributed by atoms with Crippen LogP contribution < -0.4 is 5.32 Å². The third-order valence-electron chi connectivity index (χ3n) is 2.73. The van der Waals surface area contributed by atoms with Crippen LogP contribution in [-0.4, -0.2) is 30.4 Å². The number of rotatable bonds is 3. The molecule has 1 fully saturated rings. The first-order valence-corrected chi connectivity index (χ1v) is 6.21. The molecule has 2 heterocycles. The van der Waals surface area contributed by atoms with E-state index in [2.05, 4.69) is 16.8 Å². The Morgan fingerprint density at radius 3 is 3.20 bits per heavy atom. The van der Waals surface area contributed by atoms with Gasteiger partial charge in [-0.3, -0.25) is 4.79 Å². The Morgan fingerprint density at radius 2 is 2.60 bits per heavy atom. The minimum atomic E-state index is 0.0497. The van der Waals surface area contributed by atoms with Gasteiger partial charge in [0.25, 0.3) is 0 Å². The molecule has 0 bridgehead atoms. The first kappa shape index (κ1) is 10.6. The Labute approximate surface area is 94.1 Å². The van der Waals surface area contributed by atoms with E-state index in [4.69, 9.17) is 0 Å². The number of thiophene rings is 1. The summed E-state index contributed by atoms with van der Waals surface area (Å²) in [5.74, 6) is 0.221. The normalized spacial score (nSPS) is 20.5. The van der Waals surface area contributed by atoms with Gasteiger partial charge in [-0.25, -0.2) is 0 Å². The molecule has 0 radical (unpaired) electrons. The summed E-state index contributed by atoms with van der Waals surface area (Å²) in [7, 11) is 1.88. The van der Waals surface area contributed by atoms with Crippen LogP contribution in [0.15, 0.2) is 16.8 Å². The second kappa shape index (κ2) is 4.77. The second-order valence-electron chi connectivity index (χ2n) is 3.97. The van der Waals surface area contributed by atoms with Crippen molar-refractivity contribution in [3.8, 4) is 0 Å². The molecule has 1 N–H and O–H groups in total. The van der Waals surface area contributed by atoms with Crippen molar-refractivity contribution >= 4 is 17.2 Å². The Balaban J connectivity index is 1.89. The highest BCUT2D eigenvalue weighted by molar-refractivity contribution is 7.07. The Kier molecular flexibility index (Phi) is 3.38. The summed E-state index contributed by atoms with van der Waals surface area (Å²) >= 11 is 1.67. The number of hydrogen-bond donors (Lipinski definition) is 1. The zero-order valence-corrected chi connectivity index (χ0v) is 9.72. The maximum Gasteiger partial charge on any atom is 0.239 e. The zero-order valence-electron chi connectivity index (χ0n) is 8.90. The molecule has 1 saturated heterocycles. The predicted molar refractivity (Wildman–Crippen MR) is 61.8 cm³/mol. The molecule has 1 aliphatic heterocycles. The Morgan fingerprint density at radius 1 is 1.73 bits per heavy atom. The van der Waals surface area contributed by atoms with Crippen molar-refractivity contribution in [2.75, 3.05) is 13.6 Å². The zero-order chi connectivity index (χ0) is 10.7. The van der Waals surface area contributed by atoms with Crippen LogP contribution in [0, 0.1) is 0 Å². The van der Waals surface area contributed by atoms with Gasteiger partial charge in [0, 0.05) is 13.6 Å². The van der Waals surface area contributed by atoms with Crippen molar-refractivity contribution in [3.05, 3.63) is 22.4 Å². The third-order valence-corrected chi connectivity index (χ3v) is 3.47. The fourth-order valence-corrected chi connectivity index (χ4v) is 2.56. The number of nitrogens with zero attached hydrogens (tertiary/aromatic N) is 1. The van der Waals surface area contributed by atoms with E-state index in [1.54, 1.807) is 11.3 Å². The fourth-order valence-electron chi connectivity index (χ4n) is 1.90. The van der Waals surface area contributed by atoms with Crippen molar-refractivity contribution in [1.29, 1.82) is 0 Å². The Hall–Kier alpha value is -0.870. The van der Waals surface area contributed by atoms with E-state index >= 15 is 0 Å². The maximum absolute atomic E-state index is 11.9. The summed E-state index contributed by atoms with van der Waals surface area (Å²) in [6.07, 6.45) is 2.09. The summed E-state index contributed by atoms with van der Waals surface area (Å²) in [6, 6.07) is 2.12. The van der Waals surface area contributed by atoms with Crippen molar-refractivity contribution < 1.29 is 4.79 Å². The molecule has 82 valence electrons. The maximum atomic E-state index is 11.9. The van der Waals surface area contributed by atoms with Crippen LogP contribution in [0.4, 0.5) is 0 Å². The highest BCUT2D eigenvalue weighted by atomic mass is 32.1. The van der Waals surface area contributed by atoms with Crippen LogP contribution in [0.3, 0.4) is 0 Å². The predicted octanol–water partition coefficient (Wildman–Crippen LogP) is 1.46. The van der Waals surface area contributed by atoms with Crippen LogP contribution >= 0.6 is 11.3 Å². The highest BCUT2D eigenvalue weighted by Crippen LogP contribution is 2.12. The van der Waals surface area contributed by atoms with Gasteiger partial charge in [-0.15, -0.1) is 0 Å². The Bertz CT molecular complexity index is 317. The molecule has 0 aromatic carbocycles. The topological polar surface area (TPSA) is 32.3 Å². The first-order chi connectivity index (χ1) is 7.27. The van der Waals surface area contributed by atoms with E-state index in [0.717, 1.165) is 25.9 Å². The summed E-state index contributed by atoms with van der Waals surface area (Å²) in [4.78, 5) is 13.7. The fraction of sp³-hybridized carbons (Fsp3) is 0.545. The standard InChI is InChI=1S/C11H16N2OS/c1-13(7-9-4-6-15-8-9)11(14)10-3-2-5-12-10/h4,6,8,10,12H,2-3,5,7H2,1H3. The van der Waals surface area contributed by atoms with Crippen LogP contribution in [0.5, 0.6) is 0 Å². The lowest BCUT2D eigenvalue weighted by atomic mass is 10.2. The molecule has 2 rings (SSSR count). The molecule has 0 aliphatic carbocycles. The number of hydrogen-bond acceptors (Lipinski definition) is 3. The van der Waals surface area contributed by atoms with Crippen molar-refractivity contribution in [3.63, 3.8) is 0 Å². The van der Waals surface area contributed by atoms with Crippen LogP contribution in [0.25, 0.3) is 0 Å². The van der Waals surface area contributed by atoms with Crippen LogP contribution in [-0.2, 0) is 11.3 Å². The molecule has 1 aromatic rings. The van der Waals surface area contributed by atoms with Gasteiger partial charge in [-0.05, 0) is 41.8 Å². The van der Waals surface area contributed by atoms with Gasteiger partial charge in [0.2, 0.25) is 5.91 Å². The minimum absolute atomic E-state index is 0.0497. The molecule has 1 aliphatic rings. The second-order valence-corrected chi connectivity index (χ2v) is 4.75. The molecular formula is C11H16N2OS. The van der Waals surface area contributed by atoms with Gasteiger partial charge < -0.3 is 10.2 Å². The molecular weight excluding hydrogens is 208 g/mol. The van der Waals surface area contributed by atoms with Gasteiger partial charge in [-0.1, -0.05) is 0 Å². The smallest absolute Gasteiger partial charge is 0.239 e. The number of amides is 1. The molecule has 1 amide bonds. The molecule has 15 heavy (non-hydrogen) atoms. The van der Waals surface area contributed by atoms with Gasteiger partial charge >= 0.3 is 0 Å². The lowest BCUT2D eigenvalue weighted by molar-refractivity contribution is -0.132. The molecule has 0 spiro atoms. The number of carbonyl (C=O) groups is 1. The lowest BCUT2D eigenvalue weighted by Crippen LogP contribution is -2.41. The van der Waals surface area contributed by atoms with E-state index in [1.165, 1.54) is 5.56 Å². The summed E-state index contributed by atoms with van der Waals surface area (Å²) in [5.41, 5.74) is 1.22. The number of likely N-dealkylation sites (N-methyl/N-ethyl adjacent to an activating group) is 1. The monoisotopic (exact) mass is 224 g/mol. The third kappa shape index (κ3) is 2.58. The lowest BCUT2D eigenvalue weighted by Gasteiger charge is -2.20. The van der Waals surface area contributed by atoms with E-state index in [9.17, 15) is 4.79 Å². The summed E-state index contributed by atoms with van der Waals surface area (Å²) < 4.78 is 0. The van der Waals surface area contributed by atoms with Gasteiger partial charge in [0.05, 0.1) is 6.04 Å². The number of nitrogens with one attached hydrogen (secondary N) is 1. The summed E-state index contributed by atoms with van der Waals surface area (Å²) in [5, 5.41) is 7.36. The largest absolute Gasteiger partial charge is 0.340 e. The first-order valence-electron chi connectivity index (χ1n) is 5.27. The van der Waals surface area contributed by atoms with Gasteiger partial charge in [0.15, 0.2) is 0 Å². The molecule has 3 nitrogen and oxygen atoms in total. The van der Waals surface area contributed by atoms with Crippen LogP contribution in [0.1, 0.15) is 18.4 Å². The SMILES string of the molecule is CN(Cc1ccsc1)C(=O)C1CCCN1. The van der Waals surface area contributed by atoms with Crippen molar-refractivity contribution in [1.82, 2.24) is 10.2 Å². The van der Waals surface area contributed by atoms with Gasteiger partial charge in [0.1, 0.15) is 0 Å². The quantitative estimate of drug-likeness (QED) is 0.843. The van der Waals surface area contributed by atoms with Crippen LogP contribution in [0.2, 0.25) is 0 Å². The molecule has 1 aromatic heterocycles. The average Bonchev–Trinajstić information content (AvgIpc) is 2.88. The van der Waals surface area contributed by atoms with Gasteiger partial charge in [-0.2, -0.15) is 11.3 Å². The van der Waals surface area contributed by atoms with E-state index in [1.807, 2.05) is 17.3 Å². The number of carbonyl (C=O) groups excluding carboxylic acids is 1.